The smallest absolute Gasteiger partial charge is 0.195 e. The zero-order chi connectivity index (χ0) is 9.26. The van der Waals surface area contributed by atoms with E-state index in [-0.39, 0.29) is 0 Å². The molecule has 1 aromatic heterocycles. The van der Waals surface area contributed by atoms with Gasteiger partial charge in [-0.2, -0.15) is 0 Å². The maximum Gasteiger partial charge on any atom is 0.195 e. The van der Waals surface area contributed by atoms with Crippen LogP contribution in [0.15, 0.2) is 10.6 Å². The number of nitrogens with one attached hydrogen (secondary N) is 1. The first-order valence-electron chi connectivity index (χ1n) is 4.90. The van der Waals surface area contributed by atoms with Crippen molar-refractivity contribution in [3.05, 3.63) is 17.8 Å². The summed E-state index contributed by atoms with van der Waals surface area (Å²) in [6.45, 7) is 3.18. The summed E-state index contributed by atoms with van der Waals surface area (Å²) in [4.78, 5) is 4.24. The van der Waals surface area contributed by atoms with E-state index in [2.05, 4.69) is 17.2 Å². The Bertz CT molecular complexity index is 282. The highest BCUT2D eigenvalue weighted by Crippen LogP contribution is 2.46. The molecule has 1 saturated carbocycles. The Morgan fingerprint density at radius 3 is 3.08 bits per heavy atom. The molecule has 0 aromatic carbocycles. The molecule has 13 heavy (non-hydrogen) atoms. The van der Waals surface area contributed by atoms with Crippen molar-refractivity contribution in [2.75, 3.05) is 13.6 Å². The molecule has 1 aliphatic rings. The monoisotopic (exact) mass is 180 g/mol. The van der Waals surface area contributed by atoms with E-state index in [1.54, 1.807) is 0 Å². The van der Waals surface area contributed by atoms with Gasteiger partial charge < -0.3 is 9.73 Å². The van der Waals surface area contributed by atoms with Gasteiger partial charge in [0.2, 0.25) is 0 Å². The van der Waals surface area contributed by atoms with E-state index in [0.29, 0.717) is 5.92 Å². The molecule has 2 atom stereocenters. The highest BCUT2D eigenvalue weighted by atomic mass is 16.4. The van der Waals surface area contributed by atoms with Crippen LogP contribution in [0, 0.1) is 5.92 Å². The summed E-state index contributed by atoms with van der Waals surface area (Å²) in [7, 11) is 1.94. The van der Waals surface area contributed by atoms with E-state index in [4.69, 9.17) is 4.42 Å². The van der Waals surface area contributed by atoms with E-state index in [9.17, 15) is 0 Å². The lowest BCUT2D eigenvalue weighted by molar-refractivity contribution is 0.449. The topological polar surface area (TPSA) is 38.1 Å². The van der Waals surface area contributed by atoms with Gasteiger partial charge >= 0.3 is 0 Å². The minimum absolute atomic E-state index is 0.649. The van der Waals surface area contributed by atoms with Gasteiger partial charge in [0.05, 0.1) is 6.20 Å². The first-order chi connectivity index (χ1) is 6.31. The Hall–Kier alpha value is -0.830. The fourth-order valence-corrected chi connectivity index (χ4v) is 1.56. The first-order valence-corrected chi connectivity index (χ1v) is 4.90. The summed E-state index contributed by atoms with van der Waals surface area (Å²) in [6, 6.07) is 0. The van der Waals surface area contributed by atoms with E-state index < -0.39 is 0 Å². The predicted octanol–water partition coefficient (Wildman–Crippen LogP) is 1.56. The van der Waals surface area contributed by atoms with Gasteiger partial charge in [0.25, 0.3) is 0 Å². The van der Waals surface area contributed by atoms with Crippen LogP contribution in [-0.4, -0.2) is 18.6 Å². The summed E-state index contributed by atoms with van der Waals surface area (Å²) < 4.78 is 5.63. The van der Waals surface area contributed by atoms with Crippen LogP contribution in [0.5, 0.6) is 0 Å². The molecule has 0 bridgehead atoms. The Morgan fingerprint density at radius 2 is 2.46 bits per heavy atom. The summed E-state index contributed by atoms with van der Waals surface area (Å²) in [5.41, 5.74) is 0. The lowest BCUT2D eigenvalue weighted by Crippen LogP contribution is -2.10. The number of hydrogen-bond acceptors (Lipinski definition) is 3. The van der Waals surface area contributed by atoms with Crippen molar-refractivity contribution in [3.8, 4) is 0 Å². The van der Waals surface area contributed by atoms with Gasteiger partial charge in [-0.1, -0.05) is 6.92 Å². The largest absolute Gasteiger partial charge is 0.445 e. The lowest BCUT2D eigenvalue weighted by atomic mass is 10.3. The van der Waals surface area contributed by atoms with Gasteiger partial charge in [0.15, 0.2) is 5.89 Å². The number of aromatic nitrogens is 1. The van der Waals surface area contributed by atoms with Crippen LogP contribution in [0.4, 0.5) is 0 Å². The fourth-order valence-electron chi connectivity index (χ4n) is 1.56. The molecule has 3 heteroatoms. The van der Waals surface area contributed by atoms with Crippen molar-refractivity contribution < 1.29 is 4.42 Å². The normalized spacial score (nSPS) is 26.3. The number of nitrogens with zero attached hydrogens (tertiary/aromatic N) is 1. The second-order valence-corrected chi connectivity index (χ2v) is 3.83. The maximum absolute atomic E-state index is 5.63. The van der Waals surface area contributed by atoms with E-state index >= 15 is 0 Å². The van der Waals surface area contributed by atoms with Gasteiger partial charge in [-0.15, -0.1) is 0 Å². The van der Waals surface area contributed by atoms with Crippen LogP contribution in [0.3, 0.4) is 0 Å². The molecule has 0 saturated heterocycles. The molecule has 2 unspecified atom stereocenters. The Labute approximate surface area is 78.5 Å². The minimum Gasteiger partial charge on any atom is -0.445 e. The highest BCUT2D eigenvalue weighted by Gasteiger charge is 2.36. The molecule has 0 amide bonds. The predicted molar refractivity (Wildman–Crippen MR) is 50.7 cm³/mol. The van der Waals surface area contributed by atoms with Crippen LogP contribution in [0.25, 0.3) is 0 Å². The molecule has 1 N–H and O–H groups in total. The summed E-state index contributed by atoms with van der Waals surface area (Å²) >= 11 is 0. The van der Waals surface area contributed by atoms with Crippen LogP contribution >= 0.6 is 0 Å². The van der Waals surface area contributed by atoms with Crippen LogP contribution in [0.2, 0.25) is 0 Å². The third kappa shape index (κ3) is 1.91. The third-order valence-corrected chi connectivity index (χ3v) is 2.64. The Morgan fingerprint density at radius 1 is 1.69 bits per heavy atom. The number of hydrogen-bond donors (Lipinski definition) is 1. The average molecular weight is 180 g/mol. The van der Waals surface area contributed by atoms with E-state index in [0.717, 1.165) is 30.5 Å². The molecule has 0 spiro atoms. The molecule has 1 fully saturated rings. The number of likely N-dealkylation sites (N-methyl/N-ethyl adjacent to an activating group) is 1. The zero-order valence-corrected chi connectivity index (χ0v) is 8.21. The second kappa shape index (κ2) is 3.50. The summed E-state index contributed by atoms with van der Waals surface area (Å²) in [5.74, 6) is 3.39. The van der Waals surface area contributed by atoms with Gasteiger partial charge in [0, 0.05) is 18.9 Å². The molecular formula is C10H16N2O. The van der Waals surface area contributed by atoms with Crippen molar-refractivity contribution in [2.24, 2.45) is 5.92 Å². The molecule has 0 aliphatic heterocycles. The van der Waals surface area contributed by atoms with Gasteiger partial charge in [-0.3, -0.25) is 0 Å². The maximum atomic E-state index is 5.63. The van der Waals surface area contributed by atoms with Gasteiger partial charge in [0.1, 0.15) is 5.76 Å². The van der Waals surface area contributed by atoms with Crippen LogP contribution in [-0.2, 0) is 6.42 Å². The molecule has 1 aromatic rings. The molecule has 2 rings (SSSR count). The second-order valence-electron chi connectivity index (χ2n) is 3.83. The van der Waals surface area contributed by atoms with Crippen molar-refractivity contribution in [2.45, 2.75) is 25.7 Å². The Balaban J connectivity index is 1.94. The summed E-state index contributed by atoms with van der Waals surface area (Å²) in [5, 5.41) is 3.08. The summed E-state index contributed by atoms with van der Waals surface area (Å²) in [6.07, 6.45) is 4.04. The molecular weight excluding hydrogens is 164 g/mol. The first kappa shape index (κ1) is 8.75. The minimum atomic E-state index is 0.649. The zero-order valence-electron chi connectivity index (χ0n) is 8.21. The van der Waals surface area contributed by atoms with Crippen molar-refractivity contribution in [1.29, 1.82) is 0 Å². The molecule has 3 nitrogen and oxygen atoms in total. The molecule has 1 aliphatic carbocycles. The van der Waals surface area contributed by atoms with Gasteiger partial charge in [-0.25, -0.2) is 4.98 Å². The fraction of sp³-hybridized carbons (Fsp3) is 0.700. The van der Waals surface area contributed by atoms with Gasteiger partial charge in [-0.05, 0) is 19.4 Å². The molecule has 0 radical (unpaired) electrons. The lowest BCUT2D eigenvalue weighted by Gasteiger charge is -1.93. The highest BCUT2D eigenvalue weighted by molar-refractivity contribution is 5.11. The third-order valence-electron chi connectivity index (χ3n) is 2.64. The van der Waals surface area contributed by atoms with E-state index in [1.165, 1.54) is 6.42 Å². The SMILES string of the molecule is CNCCc1ncc(C2CC2C)o1. The van der Waals surface area contributed by atoms with E-state index in [1.807, 2.05) is 13.2 Å². The molecule has 72 valence electrons. The quantitative estimate of drug-likeness (QED) is 0.764. The van der Waals surface area contributed by atoms with Crippen molar-refractivity contribution in [1.82, 2.24) is 10.3 Å². The average Bonchev–Trinajstić information content (AvgIpc) is 2.67. The standard InChI is InChI=1S/C10H16N2O/c1-7-5-8(7)9-6-12-10(13-9)3-4-11-2/h6-8,11H,3-5H2,1-2H3. The molecule has 1 heterocycles. The van der Waals surface area contributed by atoms with Crippen LogP contribution in [0.1, 0.15) is 30.9 Å². The van der Waals surface area contributed by atoms with Crippen molar-refractivity contribution in [3.63, 3.8) is 0 Å². The Kier molecular flexibility index (Phi) is 2.36. The number of rotatable bonds is 4. The van der Waals surface area contributed by atoms with Crippen molar-refractivity contribution >= 4 is 0 Å². The van der Waals surface area contributed by atoms with Crippen LogP contribution < -0.4 is 5.32 Å². The number of oxazole rings is 1.